The predicted molar refractivity (Wildman–Crippen MR) is 80.2 cm³/mol. The van der Waals surface area contributed by atoms with Gasteiger partial charge in [0.15, 0.2) is 5.13 Å². The minimum absolute atomic E-state index is 0.119. The van der Waals surface area contributed by atoms with Crippen LogP contribution in [0.5, 0.6) is 0 Å². The Hall–Kier alpha value is -1.10. The maximum atomic E-state index is 11.9. The number of aryl methyl sites for hydroxylation is 1. The van der Waals surface area contributed by atoms with Gasteiger partial charge in [-0.25, -0.2) is 4.98 Å². The number of thiazole rings is 1. The zero-order chi connectivity index (χ0) is 14.3. The van der Waals surface area contributed by atoms with E-state index in [1.807, 2.05) is 6.92 Å². The van der Waals surface area contributed by atoms with Crippen molar-refractivity contribution in [1.82, 2.24) is 4.98 Å². The Labute approximate surface area is 123 Å². The average Bonchev–Trinajstić information content (AvgIpc) is 2.76. The summed E-state index contributed by atoms with van der Waals surface area (Å²) in [4.78, 5) is 17.8. The molecule has 0 radical (unpaired) electrons. The SMILES string of the molecule is CCOC(=O)C1CCc2sc(NCC3CC3(C)C)nc21. The monoisotopic (exact) mass is 294 g/mol. The van der Waals surface area contributed by atoms with Gasteiger partial charge < -0.3 is 10.1 Å². The van der Waals surface area contributed by atoms with Crippen molar-refractivity contribution in [3.05, 3.63) is 10.6 Å². The number of ether oxygens (including phenoxy) is 1. The third-order valence-corrected chi connectivity index (χ3v) is 5.59. The van der Waals surface area contributed by atoms with Crippen molar-refractivity contribution in [3.8, 4) is 0 Å². The lowest BCUT2D eigenvalue weighted by Crippen LogP contribution is -2.14. The van der Waals surface area contributed by atoms with E-state index in [2.05, 4.69) is 24.1 Å². The van der Waals surface area contributed by atoms with Gasteiger partial charge in [0.1, 0.15) is 5.92 Å². The molecule has 1 N–H and O–H groups in total. The van der Waals surface area contributed by atoms with Crippen LogP contribution in [0.15, 0.2) is 0 Å². The van der Waals surface area contributed by atoms with Crippen molar-refractivity contribution in [1.29, 1.82) is 0 Å². The summed E-state index contributed by atoms with van der Waals surface area (Å²) in [5.74, 6) is 0.489. The molecule has 4 nitrogen and oxygen atoms in total. The van der Waals surface area contributed by atoms with Crippen LogP contribution in [0.25, 0.3) is 0 Å². The molecule has 3 rings (SSSR count). The van der Waals surface area contributed by atoms with Crippen molar-refractivity contribution < 1.29 is 9.53 Å². The molecule has 0 bridgehead atoms. The molecule has 1 aromatic heterocycles. The average molecular weight is 294 g/mol. The first kappa shape index (κ1) is 13.9. The largest absolute Gasteiger partial charge is 0.465 e. The lowest BCUT2D eigenvalue weighted by atomic mass is 10.1. The molecule has 5 heteroatoms. The zero-order valence-electron chi connectivity index (χ0n) is 12.4. The summed E-state index contributed by atoms with van der Waals surface area (Å²) in [6, 6.07) is 0. The topological polar surface area (TPSA) is 51.2 Å². The molecule has 0 spiro atoms. The number of fused-ring (bicyclic) bond motifs is 1. The van der Waals surface area contributed by atoms with E-state index >= 15 is 0 Å². The van der Waals surface area contributed by atoms with E-state index in [4.69, 9.17) is 4.74 Å². The van der Waals surface area contributed by atoms with E-state index in [1.165, 1.54) is 11.3 Å². The number of hydrogen-bond acceptors (Lipinski definition) is 5. The molecule has 0 amide bonds. The van der Waals surface area contributed by atoms with Gasteiger partial charge in [-0.15, -0.1) is 11.3 Å². The number of aromatic nitrogens is 1. The van der Waals surface area contributed by atoms with Crippen molar-refractivity contribution in [2.75, 3.05) is 18.5 Å². The van der Waals surface area contributed by atoms with Crippen LogP contribution >= 0.6 is 11.3 Å². The fraction of sp³-hybridized carbons (Fsp3) is 0.733. The standard InChI is InChI=1S/C15H22N2O2S/c1-4-19-13(18)10-5-6-11-12(10)17-14(20-11)16-8-9-7-15(9,2)3/h9-10H,4-8H2,1-3H3,(H,16,17). The molecule has 2 unspecified atom stereocenters. The molecule has 0 aromatic carbocycles. The van der Waals surface area contributed by atoms with E-state index in [1.54, 1.807) is 11.3 Å². The second-order valence-corrected chi connectivity index (χ2v) is 7.52. The Bertz CT molecular complexity index is 524. The van der Waals surface area contributed by atoms with Gasteiger partial charge in [0, 0.05) is 11.4 Å². The smallest absolute Gasteiger partial charge is 0.315 e. The minimum Gasteiger partial charge on any atom is -0.465 e. The van der Waals surface area contributed by atoms with E-state index in [9.17, 15) is 4.79 Å². The molecule has 20 heavy (non-hydrogen) atoms. The first-order valence-corrected chi connectivity index (χ1v) is 8.23. The molecular weight excluding hydrogens is 272 g/mol. The Morgan fingerprint density at radius 1 is 1.55 bits per heavy atom. The molecule has 1 aromatic rings. The molecule has 0 aliphatic heterocycles. The maximum Gasteiger partial charge on any atom is 0.315 e. The number of carbonyl (C=O) groups excluding carboxylic acids is 1. The van der Waals surface area contributed by atoms with Gasteiger partial charge in [-0.3, -0.25) is 4.79 Å². The van der Waals surface area contributed by atoms with Gasteiger partial charge in [0.2, 0.25) is 0 Å². The fourth-order valence-corrected chi connectivity index (χ4v) is 3.96. The molecule has 2 aliphatic carbocycles. The zero-order valence-corrected chi connectivity index (χ0v) is 13.2. The van der Waals surface area contributed by atoms with Crippen LogP contribution in [-0.4, -0.2) is 24.1 Å². The predicted octanol–water partition coefficient (Wildman–Crippen LogP) is 3.19. The highest BCUT2D eigenvalue weighted by atomic mass is 32.1. The number of rotatable bonds is 5. The van der Waals surface area contributed by atoms with Gasteiger partial charge in [-0.05, 0) is 37.5 Å². The maximum absolute atomic E-state index is 11.9. The van der Waals surface area contributed by atoms with Gasteiger partial charge in [-0.2, -0.15) is 0 Å². The van der Waals surface area contributed by atoms with E-state index in [-0.39, 0.29) is 11.9 Å². The normalized spacial score (nSPS) is 26.1. The minimum atomic E-state index is -0.144. The van der Waals surface area contributed by atoms with Gasteiger partial charge >= 0.3 is 5.97 Å². The number of esters is 1. The highest BCUT2D eigenvalue weighted by Gasteiger charge is 2.45. The fourth-order valence-electron chi connectivity index (χ4n) is 2.91. The third-order valence-electron chi connectivity index (χ3n) is 4.51. The van der Waals surface area contributed by atoms with Crippen LogP contribution in [0.4, 0.5) is 5.13 Å². The van der Waals surface area contributed by atoms with Crippen LogP contribution in [0.2, 0.25) is 0 Å². The lowest BCUT2D eigenvalue weighted by Gasteiger charge is -2.08. The van der Waals surface area contributed by atoms with Crippen LogP contribution in [0, 0.1) is 11.3 Å². The molecule has 1 heterocycles. The third kappa shape index (κ3) is 2.55. The van der Waals surface area contributed by atoms with Crippen molar-refractivity contribution in [2.45, 2.75) is 46.0 Å². The summed E-state index contributed by atoms with van der Waals surface area (Å²) in [5.41, 5.74) is 1.44. The molecular formula is C15H22N2O2S. The Morgan fingerprint density at radius 3 is 2.95 bits per heavy atom. The highest BCUT2D eigenvalue weighted by Crippen LogP contribution is 2.51. The van der Waals surface area contributed by atoms with Crippen LogP contribution in [-0.2, 0) is 16.0 Å². The second-order valence-electron chi connectivity index (χ2n) is 6.44. The van der Waals surface area contributed by atoms with Gasteiger partial charge in [0.05, 0.1) is 12.3 Å². The van der Waals surface area contributed by atoms with E-state index in [0.717, 1.165) is 36.1 Å². The summed E-state index contributed by atoms with van der Waals surface area (Å²) in [6.07, 6.45) is 3.09. The number of anilines is 1. The quantitative estimate of drug-likeness (QED) is 0.847. The molecule has 2 aliphatic rings. The number of carbonyl (C=O) groups is 1. The Morgan fingerprint density at radius 2 is 2.30 bits per heavy atom. The Kier molecular flexibility index (Phi) is 3.48. The number of nitrogens with one attached hydrogen (secondary N) is 1. The highest BCUT2D eigenvalue weighted by molar-refractivity contribution is 7.15. The van der Waals surface area contributed by atoms with Crippen LogP contribution in [0.3, 0.4) is 0 Å². The molecule has 110 valence electrons. The summed E-state index contributed by atoms with van der Waals surface area (Å²) in [7, 11) is 0. The van der Waals surface area contributed by atoms with Crippen LogP contribution in [0.1, 0.15) is 50.1 Å². The summed E-state index contributed by atoms with van der Waals surface area (Å²) < 4.78 is 5.13. The summed E-state index contributed by atoms with van der Waals surface area (Å²) in [5, 5.41) is 4.40. The summed E-state index contributed by atoms with van der Waals surface area (Å²) in [6.45, 7) is 7.88. The molecule has 1 saturated carbocycles. The molecule has 0 saturated heterocycles. The Balaban J connectivity index is 1.63. The van der Waals surface area contributed by atoms with Crippen LogP contribution < -0.4 is 5.32 Å². The van der Waals surface area contributed by atoms with Crippen molar-refractivity contribution in [2.24, 2.45) is 11.3 Å². The first-order chi connectivity index (χ1) is 9.51. The van der Waals surface area contributed by atoms with Crippen molar-refractivity contribution in [3.63, 3.8) is 0 Å². The molecule has 1 fully saturated rings. The first-order valence-electron chi connectivity index (χ1n) is 7.41. The lowest BCUT2D eigenvalue weighted by molar-refractivity contribution is -0.145. The van der Waals surface area contributed by atoms with E-state index in [0.29, 0.717) is 12.0 Å². The number of nitrogens with zero attached hydrogens (tertiary/aromatic N) is 1. The summed E-state index contributed by atoms with van der Waals surface area (Å²) >= 11 is 1.70. The van der Waals surface area contributed by atoms with Gasteiger partial charge in [0.25, 0.3) is 0 Å². The number of hydrogen-bond donors (Lipinski definition) is 1. The molecule has 2 atom stereocenters. The second kappa shape index (κ2) is 5.02. The van der Waals surface area contributed by atoms with Gasteiger partial charge in [-0.1, -0.05) is 13.8 Å². The van der Waals surface area contributed by atoms with E-state index < -0.39 is 0 Å². The van der Waals surface area contributed by atoms with Crippen molar-refractivity contribution >= 4 is 22.4 Å².